The molecule has 1 fully saturated rings. The van der Waals surface area contributed by atoms with E-state index >= 15 is 0 Å². The van der Waals surface area contributed by atoms with Crippen molar-refractivity contribution in [1.82, 2.24) is 0 Å². The third-order valence-corrected chi connectivity index (χ3v) is 3.33. The molecule has 0 heterocycles. The van der Waals surface area contributed by atoms with Crippen molar-refractivity contribution in [1.29, 1.82) is 0 Å². The first-order valence-corrected chi connectivity index (χ1v) is 4.50. The Kier molecular flexibility index (Phi) is 1.71. The highest BCUT2D eigenvalue weighted by molar-refractivity contribution is 5.74. The molecule has 2 aliphatic rings. The minimum absolute atomic E-state index is 0.0284. The summed E-state index contributed by atoms with van der Waals surface area (Å²) < 4.78 is 4.78. The van der Waals surface area contributed by atoms with E-state index in [0.29, 0.717) is 17.8 Å². The van der Waals surface area contributed by atoms with Gasteiger partial charge in [0.25, 0.3) is 0 Å². The molecule has 2 heteroatoms. The van der Waals surface area contributed by atoms with Crippen LogP contribution in [0.5, 0.6) is 0 Å². The van der Waals surface area contributed by atoms with Gasteiger partial charge in [-0.1, -0.05) is 19.1 Å². The van der Waals surface area contributed by atoms with Gasteiger partial charge in [-0.05, 0) is 24.2 Å². The Balaban J connectivity index is 2.18. The molecule has 0 spiro atoms. The highest BCUT2D eigenvalue weighted by Gasteiger charge is 2.46. The first-order valence-electron chi connectivity index (χ1n) is 4.50. The lowest BCUT2D eigenvalue weighted by Crippen LogP contribution is -2.26. The van der Waals surface area contributed by atoms with Crippen molar-refractivity contribution in [2.45, 2.75) is 13.3 Å². The average Bonchev–Trinajstić information content (AvgIpc) is 2.63. The molecule has 0 amide bonds. The maximum atomic E-state index is 11.4. The Bertz CT molecular complexity index is 232. The Hall–Kier alpha value is -0.790. The largest absolute Gasteiger partial charge is 0.469 e. The lowest BCUT2D eigenvalue weighted by molar-refractivity contribution is -0.147. The summed E-state index contributed by atoms with van der Waals surface area (Å²) in [4.78, 5) is 11.4. The Labute approximate surface area is 72.6 Å². The molecule has 0 aromatic rings. The quantitative estimate of drug-likeness (QED) is 0.437. The molecule has 0 aliphatic heterocycles. The van der Waals surface area contributed by atoms with E-state index in [9.17, 15) is 4.79 Å². The van der Waals surface area contributed by atoms with Crippen LogP contribution in [0.4, 0.5) is 0 Å². The average molecular weight is 166 g/mol. The summed E-state index contributed by atoms with van der Waals surface area (Å²) in [6, 6.07) is 0. The summed E-state index contributed by atoms with van der Waals surface area (Å²) >= 11 is 0. The van der Waals surface area contributed by atoms with E-state index in [2.05, 4.69) is 19.1 Å². The number of fused-ring (bicyclic) bond motifs is 2. The number of hydrogen-bond acceptors (Lipinski definition) is 2. The van der Waals surface area contributed by atoms with Crippen LogP contribution < -0.4 is 0 Å². The summed E-state index contributed by atoms with van der Waals surface area (Å²) in [5.74, 6) is 1.66. The van der Waals surface area contributed by atoms with Gasteiger partial charge in [-0.15, -0.1) is 0 Å². The second-order valence-electron chi connectivity index (χ2n) is 3.86. The van der Waals surface area contributed by atoms with Crippen molar-refractivity contribution in [3.8, 4) is 0 Å². The topological polar surface area (TPSA) is 26.3 Å². The molecule has 0 N–H and O–H groups in total. The zero-order valence-corrected chi connectivity index (χ0v) is 7.49. The smallest absolute Gasteiger partial charge is 0.309 e. The number of carbonyl (C=O) groups is 1. The lowest BCUT2D eigenvalue weighted by atomic mass is 9.84. The number of esters is 1. The highest BCUT2D eigenvalue weighted by Crippen LogP contribution is 2.47. The van der Waals surface area contributed by atoms with Crippen molar-refractivity contribution in [3.05, 3.63) is 12.2 Å². The predicted molar refractivity (Wildman–Crippen MR) is 45.4 cm³/mol. The first kappa shape index (κ1) is 7.84. The summed E-state index contributed by atoms with van der Waals surface area (Å²) in [6.07, 6.45) is 5.57. The fourth-order valence-corrected chi connectivity index (χ4v) is 2.59. The minimum Gasteiger partial charge on any atom is -0.469 e. The highest BCUT2D eigenvalue weighted by atomic mass is 16.5. The monoisotopic (exact) mass is 166 g/mol. The van der Waals surface area contributed by atoms with Crippen molar-refractivity contribution in [3.63, 3.8) is 0 Å². The minimum atomic E-state index is -0.0284. The summed E-state index contributed by atoms with van der Waals surface area (Å²) in [7, 11) is 1.48. The molecule has 4 atom stereocenters. The maximum absolute atomic E-state index is 11.4. The predicted octanol–water partition coefficient (Wildman–Crippen LogP) is 1.62. The summed E-state index contributed by atoms with van der Waals surface area (Å²) in [6.45, 7) is 2.15. The van der Waals surface area contributed by atoms with Gasteiger partial charge in [-0.25, -0.2) is 0 Å². The summed E-state index contributed by atoms with van der Waals surface area (Å²) in [5, 5.41) is 0. The molecule has 0 aromatic carbocycles. The van der Waals surface area contributed by atoms with Gasteiger partial charge in [-0.3, -0.25) is 4.79 Å². The van der Waals surface area contributed by atoms with Gasteiger partial charge >= 0.3 is 5.97 Å². The van der Waals surface area contributed by atoms with Crippen LogP contribution in [-0.4, -0.2) is 13.1 Å². The fraction of sp³-hybridized carbons (Fsp3) is 0.700. The molecule has 12 heavy (non-hydrogen) atoms. The number of rotatable bonds is 1. The Morgan fingerprint density at radius 2 is 2.08 bits per heavy atom. The maximum Gasteiger partial charge on any atom is 0.309 e. The van der Waals surface area contributed by atoms with Gasteiger partial charge in [0.1, 0.15) is 0 Å². The van der Waals surface area contributed by atoms with E-state index in [0.717, 1.165) is 6.42 Å². The third kappa shape index (κ3) is 0.904. The van der Waals surface area contributed by atoms with Gasteiger partial charge in [0, 0.05) is 0 Å². The molecule has 66 valence electrons. The van der Waals surface area contributed by atoms with Gasteiger partial charge < -0.3 is 4.74 Å². The molecule has 2 rings (SSSR count). The van der Waals surface area contributed by atoms with Gasteiger partial charge in [0.2, 0.25) is 0 Å². The molecule has 2 nitrogen and oxygen atoms in total. The molecule has 1 saturated carbocycles. The van der Waals surface area contributed by atoms with Gasteiger partial charge in [-0.2, -0.15) is 0 Å². The van der Waals surface area contributed by atoms with Crippen LogP contribution >= 0.6 is 0 Å². The van der Waals surface area contributed by atoms with Crippen molar-refractivity contribution in [2.75, 3.05) is 7.11 Å². The van der Waals surface area contributed by atoms with Crippen molar-refractivity contribution >= 4 is 5.97 Å². The molecule has 0 saturated heterocycles. The van der Waals surface area contributed by atoms with Crippen LogP contribution in [0.25, 0.3) is 0 Å². The molecular weight excluding hydrogens is 152 g/mol. The van der Waals surface area contributed by atoms with Crippen molar-refractivity contribution < 1.29 is 9.53 Å². The van der Waals surface area contributed by atoms with Crippen LogP contribution in [0.1, 0.15) is 13.3 Å². The molecule has 2 bridgehead atoms. The second kappa shape index (κ2) is 2.61. The molecule has 0 unspecified atom stereocenters. The van der Waals surface area contributed by atoms with E-state index < -0.39 is 0 Å². The lowest BCUT2D eigenvalue weighted by Gasteiger charge is -2.21. The number of carbonyl (C=O) groups excluding carboxylic acids is 1. The molecule has 0 aromatic heterocycles. The van der Waals surface area contributed by atoms with Gasteiger partial charge in [0.15, 0.2) is 0 Å². The number of hydrogen-bond donors (Lipinski definition) is 0. The van der Waals surface area contributed by atoms with E-state index in [-0.39, 0.29) is 11.9 Å². The van der Waals surface area contributed by atoms with Crippen LogP contribution in [-0.2, 0) is 9.53 Å². The van der Waals surface area contributed by atoms with E-state index in [1.54, 1.807) is 0 Å². The van der Waals surface area contributed by atoms with Crippen LogP contribution in [0, 0.1) is 23.7 Å². The van der Waals surface area contributed by atoms with Crippen LogP contribution in [0.3, 0.4) is 0 Å². The number of methoxy groups -OCH3 is 1. The molecule has 2 aliphatic carbocycles. The van der Waals surface area contributed by atoms with Crippen molar-refractivity contribution in [2.24, 2.45) is 23.7 Å². The molecule has 0 radical (unpaired) electrons. The Morgan fingerprint density at radius 1 is 1.42 bits per heavy atom. The number of allylic oxidation sites excluding steroid dienone is 2. The van der Waals surface area contributed by atoms with E-state index in [1.165, 1.54) is 7.11 Å². The summed E-state index contributed by atoms with van der Waals surface area (Å²) in [5.41, 5.74) is 0. The molecular formula is C10H14O2. The SMILES string of the molecule is COC(=O)[C@H]1[C@H](C)[C@H]2C=C[C@@H]1C2. The van der Waals surface area contributed by atoms with E-state index in [4.69, 9.17) is 4.74 Å². The third-order valence-electron chi connectivity index (χ3n) is 3.33. The van der Waals surface area contributed by atoms with Crippen LogP contribution in [0.2, 0.25) is 0 Å². The van der Waals surface area contributed by atoms with Crippen LogP contribution in [0.15, 0.2) is 12.2 Å². The second-order valence-corrected chi connectivity index (χ2v) is 3.86. The van der Waals surface area contributed by atoms with E-state index in [1.807, 2.05) is 0 Å². The van der Waals surface area contributed by atoms with Gasteiger partial charge in [0.05, 0.1) is 13.0 Å². The number of ether oxygens (including phenoxy) is 1. The normalized spacial score (nSPS) is 43.5. The first-order chi connectivity index (χ1) is 5.74. The Morgan fingerprint density at radius 3 is 2.58 bits per heavy atom. The fourth-order valence-electron chi connectivity index (χ4n) is 2.59. The standard InChI is InChI=1S/C10H14O2/c1-6-7-3-4-8(5-7)9(6)10(11)12-2/h3-4,6-9H,5H2,1-2H3/t6-,7+,8-,9+/m1/s1. The zero-order valence-electron chi connectivity index (χ0n) is 7.49. The zero-order chi connectivity index (χ0) is 8.72.